The topological polar surface area (TPSA) is 66.8 Å². The molecule has 0 aromatic carbocycles. The fraction of sp³-hybridized carbons (Fsp3) is 0.889. The maximum absolute atomic E-state index is 10.5. The van der Waals surface area contributed by atoms with E-state index in [0.29, 0.717) is 0 Å². The summed E-state index contributed by atoms with van der Waals surface area (Å²) in [6.07, 6.45) is 21.7. The summed E-state index contributed by atoms with van der Waals surface area (Å²) in [4.78, 5) is 17.1. The van der Waals surface area contributed by atoms with Crippen molar-refractivity contribution in [1.82, 2.24) is 0 Å². The average Bonchev–Trinajstić information content (AvgIpc) is 2.49. The first-order valence-electron chi connectivity index (χ1n) is 9.41. The standard InChI is InChI=1S/C18H37O4P/c1-2-3-4-5-6-7-8-9-10-11-12-13-14-15-16-17-18-22-23(19,20)21/h9-10H,2-8,11-18H2,1H3,(H2,19,20,21)/b10-9-. The van der Waals surface area contributed by atoms with Gasteiger partial charge in [-0.3, -0.25) is 4.52 Å². The van der Waals surface area contributed by atoms with Crippen molar-refractivity contribution in [1.29, 1.82) is 0 Å². The molecule has 0 heterocycles. The van der Waals surface area contributed by atoms with Crippen LogP contribution in [0.2, 0.25) is 0 Å². The van der Waals surface area contributed by atoms with E-state index in [0.717, 1.165) is 19.3 Å². The summed E-state index contributed by atoms with van der Waals surface area (Å²) in [6.45, 7) is 2.41. The molecule has 0 aromatic heterocycles. The van der Waals surface area contributed by atoms with Gasteiger partial charge in [-0.25, -0.2) is 4.57 Å². The van der Waals surface area contributed by atoms with E-state index in [1.807, 2.05) is 0 Å². The molecule has 0 saturated heterocycles. The summed E-state index contributed by atoms with van der Waals surface area (Å²) in [6, 6.07) is 0. The second-order valence-corrected chi connectivity index (χ2v) is 7.50. The third-order valence-electron chi connectivity index (χ3n) is 3.92. The van der Waals surface area contributed by atoms with Crippen LogP contribution < -0.4 is 0 Å². The van der Waals surface area contributed by atoms with E-state index < -0.39 is 7.82 Å². The fourth-order valence-corrected chi connectivity index (χ4v) is 2.90. The molecule has 23 heavy (non-hydrogen) atoms. The summed E-state index contributed by atoms with van der Waals surface area (Å²) in [5.74, 6) is 0. The molecule has 2 N–H and O–H groups in total. The highest BCUT2D eigenvalue weighted by Gasteiger charge is 2.12. The van der Waals surface area contributed by atoms with Crippen molar-refractivity contribution >= 4 is 7.82 Å². The minimum absolute atomic E-state index is 0.158. The highest BCUT2D eigenvalue weighted by atomic mass is 31.2. The third kappa shape index (κ3) is 21.9. The van der Waals surface area contributed by atoms with E-state index in [4.69, 9.17) is 9.79 Å². The minimum Gasteiger partial charge on any atom is -0.303 e. The van der Waals surface area contributed by atoms with Gasteiger partial charge >= 0.3 is 7.82 Å². The van der Waals surface area contributed by atoms with Crippen molar-refractivity contribution in [2.24, 2.45) is 0 Å². The van der Waals surface area contributed by atoms with Crippen LogP contribution in [-0.4, -0.2) is 16.4 Å². The Morgan fingerprint density at radius 3 is 1.65 bits per heavy atom. The minimum atomic E-state index is -4.26. The molecule has 0 saturated carbocycles. The molecule has 0 aromatic rings. The summed E-state index contributed by atoms with van der Waals surface area (Å²) < 4.78 is 14.9. The molecule has 0 radical (unpaired) electrons. The monoisotopic (exact) mass is 348 g/mol. The Morgan fingerprint density at radius 1 is 0.739 bits per heavy atom. The molecule has 0 atom stereocenters. The van der Waals surface area contributed by atoms with Crippen LogP contribution in [0.4, 0.5) is 0 Å². The van der Waals surface area contributed by atoms with Gasteiger partial charge in [0.1, 0.15) is 0 Å². The van der Waals surface area contributed by atoms with E-state index in [1.54, 1.807) is 0 Å². The molecule has 0 fully saturated rings. The second kappa shape index (κ2) is 16.7. The van der Waals surface area contributed by atoms with Gasteiger partial charge < -0.3 is 9.79 Å². The smallest absolute Gasteiger partial charge is 0.303 e. The van der Waals surface area contributed by atoms with Crippen LogP contribution in [0.25, 0.3) is 0 Å². The molecule has 138 valence electrons. The molecule has 0 bridgehead atoms. The van der Waals surface area contributed by atoms with Crippen LogP contribution in [0, 0.1) is 0 Å². The number of phosphoric ester groups is 1. The third-order valence-corrected chi connectivity index (χ3v) is 4.43. The maximum atomic E-state index is 10.5. The Kier molecular flexibility index (Phi) is 16.6. The molecular formula is C18H37O4P. The molecule has 0 amide bonds. The lowest BCUT2D eigenvalue weighted by Crippen LogP contribution is -1.92. The Labute approximate surface area is 143 Å². The van der Waals surface area contributed by atoms with Crippen LogP contribution in [0.5, 0.6) is 0 Å². The molecule has 0 aliphatic rings. The Bertz CT molecular complexity index is 312. The van der Waals surface area contributed by atoms with Gasteiger partial charge in [0.05, 0.1) is 6.61 Å². The Balaban J connectivity index is 3.12. The van der Waals surface area contributed by atoms with Gasteiger partial charge in [-0.2, -0.15) is 0 Å². The SMILES string of the molecule is CCCCCCCC/C=C\CCCCCCCCOP(=O)(O)O. The lowest BCUT2D eigenvalue weighted by molar-refractivity contribution is 0.193. The van der Waals surface area contributed by atoms with Gasteiger partial charge in [0.2, 0.25) is 0 Å². The van der Waals surface area contributed by atoms with E-state index in [1.165, 1.54) is 70.6 Å². The lowest BCUT2D eigenvalue weighted by atomic mass is 10.1. The Hall–Kier alpha value is -0.150. The molecule has 5 heteroatoms. The van der Waals surface area contributed by atoms with Crippen LogP contribution >= 0.6 is 7.82 Å². The highest BCUT2D eigenvalue weighted by molar-refractivity contribution is 7.46. The van der Waals surface area contributed by atoms with Crippen molar-refractivity contribution in [2.75, 3.05) is 6.61 Å². The van der Waals surface area contributed by atoms with Gasteiger partial charge in [-0.05, 0) is 32.1 Å². The largest absolute Gasteiger partial charge is 0.469 e. The van der Waals surface area contributed by atoms with Crippen molar-refractivity contribution < 1.29 is 18.9 Å². The maximum Gasteiger partial charge on any atom is 0.469 e. The zero-order valence-electron chi connectivity index (χ0n) is 14.9. The molecule has 0 aliphatic carbocycles. The van der Waals surface area contributed by atoms with E-state index in [2.05, 4.69) is 23.6 Å². The molecule has 0 spiro atoms. The molecule has 0 aliphatic heterocycles. The van der Waals surface area contributed by atoms with Crippen molar-refractivity contribution in [3.05, 3.63) is 12.2 Å². The number of rotatable bonds is 17. The molecular weight excluding hydrogens is 311 g/mol. The normalized spacial score (nSPS) is 12.3. The first kappa shape index (κ1) is 22.9. The summed E-state index contributed by atoms with van der Waals surface area (Å²) in [7, 11) is -4.26. The number of unbranched alkanes of at least 4 members (excludes halogenated alkanes) is 12. The fourth-order valence-electron chi connectivity index (χ4n) is 2.53. The van der Waals surface area contributed by atoms with Crippen molar-refractivity contribution in [2.45, 2.75) is 96.8 Å². The quantitative estimate of drug-likeness (QED) is 0.188. The van der Waals surface area contributed by atoms with Crippen molar-refractivity contribution in [3.63, 3.8) is 0 Å². The second-order valence-electron chi connectivity index (χ2n) is 6.26. The number of allylic oxidation sites excluding steroid dienone is 2. The molecule has 0 unspecified atom stereocenters. The van der Waals surface area contributed by atoms with Gasteiger partial charge in [0.15, 0.2) is 0 Å². The number of phosphoric acid groups is 1. The first-order valence-corrected chi connectivity index (χ1v) is 10.9. The van der Waals surface area contributed by atoms with Gasteiger partial charge in [0.25, 0.3) is 0 Å². The van der Waals surface area contributed by atoms with Gasteiger partial charge in [-0.1, -0.05) is 76.9 Å². The van der Waals surface area contributed by atoms with Crippen LogP contribution in [0.3, 0.4) is 0 Å². The van der Waals surface area contributed by atoms with Crippen LogP contribution in [0.1, 0.15) is 96.8 Å². The number of hydrogen-bond donors (Lipinski definition) is 2. The van der Waals surface area contributed by atoms with Gasteiger partial charge in [-0.15, -0.1) is 0 Å². The average molecular weight is 348 g/mol. The zero-order chi connectivity index (χ0) is 17.2. The summed E-state index contributed by atoms with van der Waals surface area (Å²) in [5, 5.41) is 0. The lowest BCUT2D eigenvalue weighted by Gasteiger charge is -2.04. The van der Waals surface area contributed by atoms with Crippen molar-refractivity contribution in [3.8, 4) is 0 Å². The molecule has 0 rings (SSSR count). The van der Waals surface area contributed by atoms with Crippen LogP contribution in [-0.2, 0) is 9.09 Å². The van der Waals surface area contributed by atoms with E-state index in [-0.39, 0.29) is 6.61 Å². The van der Waals surface area contributed by atoms with E-state index in [9.17, 15) is 4.57 Å². The van der Waals surface area contributed by atoms with E-state index >= 15 is 0 Å². The van der Waals surface area contributed by atoms with Gasteiger partial charge in [0, 0.05) is 0 Å². The molecule has 4 nitrogen and oxygen atoms in total. The summed E-state index contributed by atoms with van der Waals surface area (Å²) >= 11 is 0. The Morgan fingerprint density at radius 2 is 1.17 bits per heavy atom. The zero-order valence-corrected chi connectivity index (χ0v) is 15.8. The number of hydrogen-bond acceptors (Lipinski definition) is 2. The predicted molar refractivity (Wildman–Crippen MR) is 97.4 cm³/mol. The van der Waals surface area contributed by atoms with Crippen LogP contribution in [0.15, 0.2) is 12.2 Å². The summed E-state index contributed by atoms with van der Waals surface area (Å²) in [5.41, 5.74) is 0. The highest BCUT2D eigenvalue weighted by Crippen LogP contribution is 2.35. The predicted octanol–water partition coefficient (Wildman–Crippen LogP) is 6.13. The first-order chi connectivity index (χ1) is 11.1.